The van der Waals surface area contributed by atoms with Crippen LogP contribution in [-0.4, -0.2) is 74.1 Å². The lowest BCUT2D eigenvalue weighted by Gasteiger charge is -2.34. The maximum Gasteiger partial charge on any atom is 0.223 e. The molecule has 2 rings (SSSR count). The zero-order valence-corrected chi connectivity index (χ0v) is 14.0. The third-order valence-corrected chi connectivity index (χ3v) is 4.38. The number of likely N-dealkylation sites (tertiary alicyclic amines) is 1. The summed E-state index contributed by atoms with van der Waals surface area (Å²) in [4.78, 5) is 28.0. The molecule has 0 spiro atoms. The number of amides is 2. The van der Waals surface area contributed by atoms with Crippen LogP contribution in [0.5, 0.6) is 0 Å². The fourth-order valence-corrected chi connectivity index (χ4v) is 3.11. The van der Waals surface area contributed by atoms with Gasteiger partial charge in [0.2, 0.25) is 11.8 Å². The highest BCUT2D eigenvalue weighted by Gasteiger charge is 2.29. The van der Waals surface area contributed by atoms with E-state index in [4.69, 9.17) is 4.74 Å². The first-order chi connectivity index (χ1) is 10.5. The zero-order chi connectivity index (χ0) is 16.1. The number of rotatable bonds is 5. The predicted molar refractivity (Wildman–Crippen MR) is 84.4 cm³/mol. The first-order valence-corrected chi connectivity index (χ1v) is 8.31. The molecule has 2 amide bonds. The SMILES string of the molecule is CC(C)CN1CCO[C@@H](CNC(=O)[C@H]2CCN(C)C(=O)C2)C1. The van der Waals surface area contributed by atoms with Crippen molar-refractivity contribution in [3.8, 4) is 0 Å². The number of morpholine rings is 1. The lowest BCUT2D eigenvalue weighted by atomic mass is 9.95. The Morgan fingerprint density at radius 1 is 1.41 bits per heavy atom. The molecule has 0 bridgehead atoms. The quantitative estimate of drug-likeness (QED) is 0.795. The first kappa shape index (κ1) is 17.2. The lowest BCUT2D eigenvalue weighted by Crippen LogP contribution is -2.50. The number of nitrogens with one attached hydrogen (secondary N) is 1. The van der Waals surface area contributed by atoms with E-state index in [0.29, 0.717) is 25.4 Å². The molecule has 6 nitrogen and oxygen atoms in total. The van der Waals surface area contributed by atoms with Gasteiger partial charge in [0.15, 0.2) is 0 Å². The number of hydrogen-bond acceptors (Lipinski definition) is 4. The summed E-state index contributed by atoms with van der Waals surface area (Å²) in [6.07, 6.45) is 1.13. The number of piperidine rings is 1. The second-order valence-corrected chi connectivity index (χ2v) is 6.90. The van der Waals surface area contributed by atoms with Gasteiger partial charge in [0.1, 0.15) is 0 Å². The van der Waals surface area contributed by atoms with E-state index in [1.165, 1.54) is 0 Å². The second-order valence-electron chi connectivity index (χ2n) is 6.90. The van der Waals surface area contributed by atoms with Crippen molar-refractivity contribution in [2.24, 2.45) is 11.8 Å². The lowest BCUT2D eigenvalue weighted by molar-refractivity contribution is -0.139. The average Bonchev–Trinajstić information content (AvgIpc) is 2.47. The highest BCUT2D eigenvalue weighted by Crippen LogP contribution is 2.17. The molecule has 2 fully saturated rings. The fourth-order valence-electron chi connectivity index (χ4n) is 3.11. The van der Waals surface area contributed by atoms with E-state index in [1.54, 1.807) is 11.9 Å². The van der Waals surface area contributed by atoms with Crippen LogP contribution in [-0.2, 0) is 14.3 Å². The molecular weight excluding hydrogens is 282 g/mol. The van der Waals surface area contributed by atoms with Crippen molar-refractivity contribution in [1.29, 1.82) is 0 Å². The van der Waals surface area contributed by atoms with E-state index in [0.717, 1.165) is 32.7 Å². The van der Waals surface area contributed by atoms with Crippen LogP contribution in [0.2, 0.25) is 0 Å². The number of carbonyl (C=O) groups is 2. The Kier molecular flexibility index (Phi) is 6.20. The molecule has 22 heavy (non-hydrogen) atoms. The van der Waals surface area contributed by atoms with Crippen LogP contribution >= 0.6 is 0 Å². The van der Waals surface area contributed by atoms with Crippen LogP contribution in [0.4, 0.5) is 0 Å². The van der Waals surface area contributed by atoms with E-state index < -0.39 is 0 Å². The minimum Gasteiger partial charge on any atom is -0.374 e. The van der Waals surface area contributed by atoms with Gasteiger partial charge in [-0.25, -0.2) is 0 Å². The highest BCUT2D eigenvalue weighted by molar-refractivity contribution is 5.86. The van der Waals surface area contributed by atoms with Gasteiger partial charge in [-0.05, 0) is 12.3 Å². The second kappa shape index (κ2) is 7.92. The number of nitrogens with zero attached hydrogens (tertiary/aromatic N) is 2. The van der Waals surface area contributed by atoms with Gasteiger partial charge >= 0.3 is 0 Å². The molecule has 6 heteroatoms. The minimum atomic E-state index is -0.181. The summed E-state index contributed by atoms with van der Waals surface area (Å²) in [5.74, 6) is 0.507. The van der Waals surface area contributed by atoms with Crippen LogP contribution in [0.25, 0.3) is 0 Å². The molecule has 0 radical (unpaired) electrons. The zero-order valence-electron chi connectivity index (χ0n) is 14.0. The van der Waals surface area contributed by atoms with Crippen molar-refractivity contribution in [1.82, 2.24) is 15.1 Å². The number of ether oxygens (including phenoxy) is 1. The molecule has 0 saturated carbocycles. The van der Waals surface area contributed by atoms with Crippen molar-refractivity contribution < 1.29 is 14.3 Å². The monoisotopic (exact) mass is 311 g/mol. The smallest absolute Gasteiger partial charge is 0.223 e. The molecule has 0 aliphatic carbocycles. The van der Waals surface area contributed by atoms with Gasteiger partial charge in [-0.2, -0.15) is 0 Å². The third-order valence-electron chi connectivity index (χ3n) is 4.38. The third kappa shape index (κ3) is 4.95. The van der Waals surface area contributed by atoms with Crippen molar-refractivity contribution in [2.75, 3.05) is 46.4 Å². The number of carbonyl (C=O) groups excluding carboxylic acids is 2. The Labute approximate surface area is 133 Å². The summed E-state index contributed by atoms with van der Waals surface area (Å²) >= 11 is 0. The maximum absolute atomic E-state index is 12.2. The molecule has 2 aliphatic rings. The van der Waals surface area contributed by atoms with Crippen LogP contribution in [0, 0.1) is 11.8 Å². The summed E-state index contributed by atoms with van der Waals surface area (Å²) in [6.45, 7) is 9.24. The molecule has 0 aromatic carbocycles. The molecule has 126 valence electrons. The molecule has 2 atom stereocenters. The Balaban J connectivity index is 1.73. The summed E-state index contributed by atoms with van der Waals surface area (Å²) in [5.41, 5.74) is 0. The van der Waals surface area contributed by atoms with E-state index in [1.807, 2.05) is 0 Å². The van der Waals surface area contributed by atoms with Gasteiger partial charge in [0.25, 0.3) is 0 Å². The summed E-state index contributed by atoms with van der Waals surface area (Å²) < 4.78 is 5.73. The molecule has 1 N–H and O–H groups in total. The van der Waals surface area contributed by atoms with Gasteiger partial charge in [-0.1, -0.05) is 13.8 Å². The molecule has 2 aliphatic heterocycles. The first-order valence-electron chi connectivity index (χ1n) is 8.31. The standard InChI is InChI=1S/C16H29N3O3/c1-12(2)10-19-6-7-22-14(11-19)9-17-16(21)13-4-5-18(3)15(20)8-13/h12-14H,4-11H2,1-3H3,(H,17,21)/t13-,14-/m0/s1. The van der Waals surface area contributed by atoms with Crippen LogP contribution in [0.1, 0.15) is 26.7 Å². The van der Waals surface area contributed by atoms with E-state index in [9.17, 15) is 9.59 Å². The largest absolute Gasteiger partial charge is 0.374 e. The van der Waals surface area contributed by atoms with Crippen LogP contribution < -0.4 is 5.32 Å². The van der Waals surface area contributed by atoms with Gasteiger partial charge in [-0.3, -0.25) is 14.5 Å². The van der Waals surface area contributed by atoms with Crippen LogP contribution in [0.15, 0.2) is 0 Å². The van der Waals surface area contributed by atoms with Crippen molar-refractivity contribution in [2.45, 2.75) is 32.8 Å². The maximum atomic E-state index is 12.2. The molecule has 0 aromatic rings. The fraction of sp³-hybridized carbons (Fsp3) is 0.875. The minimum absolute atomic E-state index is 0.00830. The topological polar surface area (TPSA) is 61.9 Å². The summed E-state index contributed by atoms with van der Waals surface area (Å²) in [6, 6.07) is 0. The number of hydrogen-bond donors (Lipinski definition) is 1. The van der Waals surface area contributed by atoms with Crippen molar-refractivity contribution in [3.63, 3.8) is 0 Å². The Morgan fingerprint density at radius 3 is 2.86 bits per heavy atom. The molecule has 0 unspecified atom stereocenters. The molecule has 2 saturated heterocycles. The average molecular weight is 311 g/mol. The summed E-state index contributed by atoms with van der Waals surface area (Å²) in [5, 5.41) is 2.97. The van der Waals surface area contributed by atoms with E-state index >= 15 is 0 Å². The Morgan fingerprint density at radius 2 is 2.18 bits per heavy atom. The molecule has 2 heterocycles. The van der Waals surface area contributed by atoms with Gasteiger partial charge in [0.05, 0.1) is 12.7 Å². The van der Waals surface area contributed by atoms with Crippen molar-refractivity contribution in [3.05, 3.63) is 0 Å². The molecule has 0 aromatic heterocycles. The van der Waals surface area contributed by atoms with E-state index in [2.05, 4.69) is 24.1 Å². The Hall–Kier alpha value is -1.14. The van der Waals surface area contributed by atoms with Gasteiger partial charge < -0.3 is 15.0 Å². The van der Waals surface area contributed by atoms with Gasteiger partial charge in [0, 0.05) is 52.1 Å². The van der Waals surface area contributed by atoms with E-state index in [-0.39, 0.29) is 23.8 Å². The Bertz CT molecular complexity index is 400. The normalized spacial score (nSPS) is 27.3. The predicted octanol–water partition coefficient (Wildman–Crippen LogP) is 0.328. The molecular formula is C16H29N3O3. The van der Waals surface area contributed by atoms with Gasteiger partial charge in [-0.15, -0.1) is 0 Å². The van der Waals surface area contributed by atoms with Crippen molar-refractivity contribution >= 4 is 11.8 Å². The summed E-state index contributed by atoms with van der Waals surface area (Å²) in [7, 11) is 1.79. The van der Waals surface area contributed by atoms with Crippen LogP contribution in [0.3, 0.4) is 0 Å². The highest BCUT2D eigenvalue weighted by atomic mass is 16.5.